The molecule has 1 unspecified atom stereocenters. The van der Waals surface area contributed by atoms with Gasteiger partial charge < -0.3 is 16.4 Å². The zero-order valence-electron chi connectivity index (χ0n) is 14.4. The van der Waals surface area contributed by atoms with E-state index in [1.807, 2.05) is 6.92 Å². The highest BCUT2D eigenvalue weighted by Gasteiger charge is 2.21. The van der Waals surface area contributed by atoms with Crippen LogP contribution in [0.5, 0.6) is 0 Å². The lowest BCUT2D eigenvalue weighted by Gasteiger charge is -2.17. The van der Waals surface area contributed by atoms with E-state index >= 15 is 0 Å². The van der Waals surface area contributed by atoms with E-state index in [0.717, 1.165) is 23.5 Å². The van der Waals surface area contributed by atoms with Crippen LogP contribution in [0.2, 0.25) is 0 Å². The van der Waals surface area contributed by atoms with Gasteiger partial charge in [-0.1, -0.05) is 24.7 Å². The second-order valence-electron chi connectivity index (χ2n) is 5.75. The molecule has 1 heterocycles. The zero-order chi connectivity index (χ0) is 20.0. The first-order valence-electron chi connectivity index (χ1n) is 8.09. The van der Waals surface area contributed by atoms with Crippen LogP contribution in [0.4, 0.5) is 13.9 Å². The van der Waals surface area contributed by atoms with Crippen molar-refractivity contribution in [2.45, 2.75) is 32.2 Å². The Morgan fingerprint density at radius 3 is 2.44 bits per heavy atom. The third-order valence-corrected chi connectivity index (χ3v) is 4.42. The maximum absolute atomic E-state index is 13.2. The quantitative estimate of drug-likeness (QED) is 0.633. The van der Waals surface area contributed by atoms with Crippen LogP contribution in [0.25, 0.3) is 0 Å². The van der Waals surface area contributed by atoms with Crippen LogP contribution in [0.3, 0.4) is 0 Å². The van der Waals surface area contributed by atoms with Crippen LogP contribution in [0.1, 0.15) is 35.0 Å². The largest absolute Gasteiger partial charge is 0.365 e. The fourth-order valence-electron chi connectivity index (χ4n) is 2.34. The number of rotatable bonds is 8. The van der Waals surface area contributed by atoms with Crippen LogP contribution in [0.15, 0.2) is 24.4 Å². The van der Waals surface area contributed by atoms with Gasteiger partial charge >= 0.3 is 0 Å². The van der Waals surface area contributed by atoms with Crippen LogP contribution >= 0.6 is 11.3 Å². The number of benzene rings is 1. The van der Waals surface area contributed by atoms with E-state index in [1.54, 1.807) is 0 Å². The molecule has 0 fully saturated rings. The number of primary amides is 1. The molecule has 0 aliphatic carbocycles. The molecule has 1 aromatic heterocycles. The van der Waals surface area contributed by atoms with Crippen molar-refractivity contribution in [1.82, 2.24) is 10.3 Å². The van der Waals surface area contributed by atoms with Crippen LogP contribution in [-0.2, 0) is 16.0 Å². The number of carbonyl (C=O) groups is 3. The second-order valence-corrected chi connectivity index (χ2v) is 6.78. The molecule has 1 aromatic carbocycles. The fraction of sp³-hybridized carbons (Fsp3) is 0.294. The molecule has 4 N–H and O–H groups in total. The Hall–Kier alpha value is -2.88. The number of halogens is 2. The summed E-state index contributed by atoms with van der Waals surface area (Å²) in [4.78, 5) is 39.7. The minimum absolute atomic E-state index is 0.159. The third-order valence-electron chi connectivity index (χ3n) is 3.49. The van der Waals surface area contributed by atoms with Gasteiger partial charge in [0.2, 0.25) is 11.8 Å². The predicted molar refractivity (Wildman–Crippen MR) is 96.2 cm³/mol. The van der Waals surface area contributed by atoms with E-state index < -0.39 is 35.4 Å². The van der Waals surface area contributed by atoms with Crippen LogP contribution < -0.4 is 16.4 Å². The van der Waals surface area contributed by atoms with Gasteiger partial charge in [0, 0.05) is 6.07 Å². The van der Waals surface area contributed by atoms with Crippen molar-refractivity contribution in [3.63, 3.8) is 0 Å². The second kappa shape index (κ2) is 9.17. The van der Waals surface area contributed by atoms with Gasteiger partial charge in [-0.25, -0.2) is 13.8 Å². The predicted octanol–water partition coefficient (Wildman–Crippen LogP) is 1.99. The van der Waals surface area contributed by atoms with Gasteiger partial charge in [0.1, 0.15) is 22.6 Å². The van der Waals surface area contributed by atoms with Gasteiger partial charge in [0.25, 0.3) is 5.91 Å². The van der Waals surface area contributed by atoms with E-state index in [2.05, 4.69) is 15.6 Å². The molecule has 0 aliphatic heterocycles. The number of amides is 3. The molecule has 2 aromatic rings. The van der Waals surface area contributed by atoms with Gasteiger partial charge in [0.05, 0.1) is 12.6 Å². The summed E-state index contributed by atoms with van der Waals surface area (Å²) in [6, 6.07) is 1.96. The van der Waals surface area contributed by atoms with E-state index in [9.17, 15) is 23.2 Å². The molecule has 7 nitrogen and oxygen atoms in total. The number of nitrogens with zero attached hydrogens (tertiary/aromatic N) is 1. The Morgan fingerprint density at radius 2 is 1.89 bits per heavy atom. The average Bonchev–Trinajstić information content (AvgIpc) is 3.02. The number of carbonyl (C=O) groups excluding carboxylic acids is 3. The lowest BCUT2D eigenvalue weighted by atomic mass is 10.1. The lowest BCUT2D eigenvalue weighted by Crippen LogP contribution is -2.44. The molecule has 3 amide bonds. The molecule has 0 saturated heterocycles. The fourth-order valence-corrected chi connectivity index (χ4v) is 3.01. The topological polar surface area (TPSA) is 114 Å². The molecule has 144 valence electrons. The van der Waals surface area contributed by atoms with Crippen molar-refractivity contribution < 1.29 is 23.2 Å². The first-order valence-corrected chi connectivity index (χ1v) is 8.91. The van der Waals surface area contributed by atoms with Crippen molar-refractivity contribution in [1.29, 1.82) is 0 Å². The summed E-state index contributed by atoms with van der Waals surface area (Å²) < 4.78 is 26.4. The smallest absolute Gasteiger partial charge is 0.260 e. The Morgan fingerprint density at radius 1 is 1.22 bits per heavy atom. The number of thiazole rings is 1. The summed E-state index contributed by atoms with van der Waals surface area (Å²) in [5.41, 5.74) is 5.29. The Labute approximate surface area is 158 Å². The van der Waals surface area contributed by atoms with E-state index in [4.69, 9.17) is 5.73 Å². The van der Waals surface area contributed by atoms with Crippen molar-refractivity contribution in [2.75, 3.05) is 5.32 Å². The van der Waals surface area contributed by atoms with Crippen molar-refractivity contribution in [3.8, 4) is 0 Å². The van der Waals surface area contributed by atoms with Crippen molar-refractivity contribution in [2.24, 2.45) is 5.73 Å². The summed E-state index contributed by atoms with van der Waals surface area (Å²) in [6.07, 6.45) is 1.93. The van der Waals surface area contributed by atoms with Gasteiger partial charge in [-0.15, -0.1) is 0 Å². The summed E-state index contributed by atoms with van der Waals surface area (Å²) >= 11 is 0.916. The summed E-state index contributed by atoms with van der Waals surface area (Å²) in [5.74, 6) is -3.29. The van der Waals surface area contributed by atoms with Gasteiger partial charge in [0.15, 0.2) is 5.13 Å². The molecule has 0 spiro atoms. The van der Waals surface area contributed by atoms with Crippen LogP contribution in [-0.4, -0.2) is 28.7 Å². The van der Waals surface area contributed by atoms with Gasteiger partial charge in [-0.2, -0.15) is 0 Å². The third kappa shape index (κ3) is 6.10. The van der Waals surface area contributed by atoms with Gasteiger partial charge in [-0.3, -0.25) is 14.4 Å². The molecule has 2 rings (SSSR count). The Kier molecular flexibility index (Phi) is 6.94. The number of hydrogen-bond donors (Lipinski definition) is 3. The minimum atomic E-state index is -0.859. The maximum Gasteiger partial charge on any atom is 0.260 e. The standard InChI is InChI=1S/C17H18F2N4O3S/c1-2-3-12(16(26)23-17-21-8-13(27-17)15(20)25)22-14(24)6-9-4-10(18)7-11(19)5-9/h4-5,7-8,12H,2-3,6H2,1H3,(H2,20,25)(H,22,24)(H,21,23,26). The lowest BCUT2D eigenvalue weighted by molar-refractivity contribution is -0.126. The van der Waals surface area contributed by atoms with E-state index in [0.29, 0.717) is 18.9 Å². The Balaban J connectivity index is 2.01. The molecule has 0 bridgehead atoms. The SMILES string of the molecule is CCCC(NC(=O)Cc1cc(F)cc(F)c1)C(=O)Nc1ncc(C(N)=O)s1. The molecule has 0 saturated carbocycles. The summed E-state index contributed by atoms with van der Waals surface area (Å²) in [5, 5.41) is 5.24. The highest BCUT2D eigenvalue weighted by atomic mass is 32.1. The molecular formula is C17H18F2N4O3S. The number of aromatic nitrogens is 1. The summed E-state index contributed by atoms with van der Waals surface area (Å²) in [7, 11) is 0. The van der Waals surface area contributed by atoms with Crippen molar-refractivity contribution in [3.05, 3.63) is 46.5 Å². The van der Waals surface area contributed by atoms with E-state index in [1.165, 1.54) is 6.20 Å². The molecule has 1 atom stereocenters. The first kappa shape index (κ1) is 20.4. The number of nitrogens with two attached hydrogens (primary N) is 1. The normalized spacial score (nSPS) is 11.7. The van der Waals surface area contributed by atoms with Gasteiger partial charge in [-0.05, 0) is 24.1 Å². The average molecular weight is 396 g/mol. The zero-order valence-corrected chi connectivity index (χ0v) is 15.2. The monoisotopic (exact) mass is 396 g/mol. The molecular weight excluding hydrogens is 378 g/mol. The Bertz CT molecular complexity index is 836. The molecule has 27 heavy (non-hydrogen) atoms. The number of hydrogen-bond acceptors (Lipinski definition) is 5. The first-order chi connectivity index (χ1) is 12.8. The molecule has 10 heteroatoms. The highest BCUT2D eigenvalue weighted by Crippen LogP contribution is 2.18. The summed E-state index contributed by atoms with van der Waals surface area (Å²) in [6.45, 7) is 1.84. The highest BCUT2D eigenvalue weighted by molar-refractivity contribution is 7.17. The minimum Gasteiger partial charge on any atom is -0.365 e. The molecule has 0 radical (unpaired) electrons. The maximum atomic E-state index is 13.2. The van der Waals surface area contributed by atoms with Crippen molar-refractivity contribution >= 4 is 34.2 Å². The van der Waals surface area contributed by atoms with Crippen LogP contribution in [0, 0.1) is 11.6 Å². The number of anilines is 1. The molecule has 0 aliphatic rings. The number of nitrogens with one attached hydrogen (secondary N) is 2. The van der Waals surface area contributed by atoms with E-state index in [-0.39, 0.29) is 22.0 Å².